The molecular formula is C10H13F3N6. The molecule has 19 heavy (non-hydrogen) atoms. The maximum atomic E-state index is 12.3. The number of tetrazole rings is 1. The molecule has 0 aromatic carbocycles. The Labute approximate surface area is 107 Å². The molecule has 0 aliphatic rings. The molecule has 6 nitrogen and oxygen atoms in total. The van der Waals surface area contributed by atoms with Crippen molar-refractivity contribution in [1.29, 1.82) is 0 Å². The third-order valence-corrected chi connectivity index (χ3v) is 2.51. The molecule has 0 amide bonds. The van der Waals surface area contributed by atoms with Crippen LogP contribution in [0.1, 0.15) is 31.4 Å². The lowest BCUT2D eigenvalue weighted by molar-refractivity contribution is -0.143. The lowest BCUT2D eigenvalue weighted by Crippen LogP contribution is -2.22. The Balaban J connectivity index is 2.20. The van der Waals surface area contributed by atoms with Crippen LogP contribution in [0.25, 0.3) is 0 Å². The zero-order valence-electron chi connectivity index (χ0n) is 10.5. The standard InChI is InChI=1S/C10H13F3N6/c1-7(2)9-14-3-4-18(9)5-8-15-16-17-19(8)6-10(11,12)13/h3-4,7H,5-6H2,1-2H3. The van der Waals surface area contributed by atoms with E-state index in [0.717, 1.165) is 10.5 Å². The Morgan fingerprint density at radius 1 is 1.32 bits per heavy atom. The van der Waals surface area contributed by atoms with E-state index in [1.54, 1.807) is 17.0 Å². The number of alkyl halides is 3. The molecule has 0 bridgehead atoms. The Kier molecular flexibility index (Phi) is 3.54. The van der Waals surface area contributed by atoms with E-state index in [2.05, 4.69) is 20.5 Å². The van der Waals surface area contributed by atoms with E-state index >= 15 is 0 Å². The van der Waals surface area contributed by atoms with Gasteiger partial charge in [0.05, 0.1) is 6.54 Å². The van der Waals surface area contributed by atoms with Crippen LogP contribution in [0.5, 0.6) is 0 Å². The average Bonchev–Trinajstić information content (AvgIpc) is 2.87. The predicted octanol–water partition coefficient (Wildman–Crippen LogP) is 1.60. The third-order valence-electron chi connectivity index (χ3n) is 2.51. The van der Waals surface area contributed by atoms with Crippen molar-refractivity contribution in [1.82, 2.24) is 29.8 Å². The van der Waals surface area contributed by atoms with E-state index in [-0.39, 0.29) is 18.3 Å². The van der Waals surface area contributed by atoms with E-state index in [1.807, 2.05) is 13.8 Å². The van der Waals surface area contributed by atoms with Gasteiger partial charge in [0.15, 0.2) is 5.82 Å². The highest BCUT2D eigenvalue weighted by molar-refractivity contribution is 5.00. The van der Waals surface area contributed by atoms with Gasteiger partial charge in [0.25, 0.3) is 0 Å². The van der Waals surface area contributed by atoms with Gasteiger partial charge < -0.3 is 4.57 Å². The van der Waals surface area contributed by atoms with E-state index in [0.29, 0.717) is 0 Å². The summed E-state index contributed by atoms with van der Waals surface area (Å²) in [6, 6.07) is 0. The molecule has 2 rings (SSSR count). The van der Waals surface area contributed by atoms with Crippen molar-refractivity contribution >= 4 is 0 Å². The molecule has 2 heterocycles. The van der Waals surface area contributed by atoms with Crippen LogP contribution in [-0.2, 0) is 13.1 Å². The molecule has 104 valence electrons. The second-order valence-electron chi connectivity index (χ2n) is 4.44. The van der Waals surface area contributed by atoms with E-state index < -0.39 is 12.7 Å². The van der Waals surface area contributed by atoms with Crippen LogP contribution in [0, 0.1) is 0 Å². The highest BCUT2D eigenvalue weighted by Crippen LogP contribution is 2.18. The number of imidazole rings is 1. The summed E-state index contributed by atoms with van der Waals surface area (Å²) in [5, 5.41) is 10.3. The van der Waals surface area contributed by atoms with Crippen LogP contribution in [0.3, 0.4) is 0 Å². The van der Waals surface area contributed by atoms with Crippen molar-refractivity contribution in [2.45, 2.75) is 39.0 Å². The monoisotopic (exact) mass is 274 g/mol. The first kappa shape index (κ1) is 13.5. The first-order valence-electron chi connectivity index (χ1n) is 5.69. The summed E-state index contributed by atoms with van der Waals surface area (Å²) in [6.45, 7) is 2.88. The number of hydrogen-bond donors (Lipinski definition) is 0. The van der Waals surface area contributed by atoms with Crippen molar-refractivity contribution < 1.29 is 13.2 Å². The van der Waals surface area contributed by atoms with Gasteiger partial charge in [-0.2, -0.15) is 13.2 Å². The van der Waals surface area contributed by atoms with Crippen LogP contribution in [0.15, 0.2) is 12.4 Å². The third kappa shape index (κ3) is 3.30. The van der Waals surface area contributed by atoms with Gasteiger partial charge >= 0.3 is 6.18 Å². The van der Waals surface area contributed by atoms with Gasteiger partial charge in [-0.3, -0.25) is 0 Å². The molecule has 0 aliphatic heterocycles. The number of rotatable bonds is 4. The van der Waals surface area contributed by atoms with Crippen LogP contribution in [0.2, 0.25) is 0 Å². The fourth-order valence-electron chi connectivity index (χ4n) is 1.74. The molecule has 0 unspecified atom stereocenters. The van der Waals surface area contributed by atoms with Crippen LogP contribution >= 0.6 is 0 Å². The molecule has 0 N–H and O–H groups in total. The predicted molar refractivity (Wildman–Crippen MR) is 59.3 cm³/mol. The normalized spacial score (nSPS) is 12.3. The Hall–Kier alpha value is -1.93. The number of halogens is 3. The maximum absolute atomic E-state index is 12.3. The smallest absolute Gasteiger partial charge is 0.327 e. The molecule has 0 aliphatic carbocycles. The topological polar surface area (TPSA) is 61.4 Å². The molecule has 9 heteroatoms. The first-order chi connectivity index (χ1) is 8.87. The summed E-state index contributed by atoms with van der Waals surface area (Å²) in [7, 11) is 0. The van der Waals surface area contributed by atoms with Crippen molar-refractivity contribution in [3.05, 3.63) is 24.0 Å². The lowest BCUT2D eigenvalue weighted by atomic mass is 10.2. The van der Waals surface area contributed by atoms with Gasteiger partial charge in [-0.25, -0.2) is 9.67 Å². The average molecular weight is 274 g/mol. The first-order valence-corrected chi connectivity index (χ1v) is 5.69. The van der Waals surface area contributed by atoms with Crippen molar-refractivity contribution in [3.8, 4) is 0 Å². The van der Waals surface area contributed by atoms with Gasteiger partial charge in [0.2, 0.25) is 0 Å². The minimum absolute atomic E-state index is 0.150. The summed E-state index contributed by atoms with van der Waals surface area (Å²) in [5.41, 5.74) is 0. The maximum Gasteiger partial charge on any atom is 0.408 e. The van der Waals surface area contributed by atoms with Gasteiger partial charge in [0.1, 0.15) is 12.4 Å². The van der Waals surface area contributed by atoms with Crippen LogP contribution < -0.4 is 0 Å². The van der Waals surface area contributed by atoms with Gasteiger partial charge in [-0.1, -0.05) is 13.8 Å². The molecule has 0 fully saturated rings. The highest BCUT2D eigenvalue weighted by atomic mass is 19.4. The Morgan fingerprint density at radius 2 is 2.05 bits per heavy atom. The molecule has 0 atom stereocenters. The summed E-state index contributed by atoms with van der Waals surface area (Å²) < 4.78 is 39.5. The van der Waals surface area contributed by atoms with E-state index in [4.69, 9.17) is 0 Å². The second-order valence-corrected chi connectivity index (χ2v) is 4.44. The molecule has 0 radical (unpaired) electrons. The Morgan fingerprint density at radius 3 is 2.68 bits per heavy atom. The van der Waals surface area contributed by atoms with Gasteiger partial charge in [0, 0.05) is 18.3 Å². The Bertz CT molecular complexity index is 541. The van der Waals surface area contributed by atoms with Crippen LogP contribution in [0.4, 0.5) is 13.2 Å². The summed E-state index contributed by atoms with van der Waals surface area (Å²) >= 11 is 0. The van der Waals surface area contributed by atoms with Gasteiger partial charge in [-0.15, -0.1) is 5.10 Å². The number of nitrogens with zero attached hydrogens (tertiary/aromatic N) is 6. The molecule has 0 saturated heterocycles. The minimum atomic E-state index is -4.35. The van der Waals surface area contributed by atoms with Gasteiger partial charge in [-0.05, 0) is 10.4 Å². The number of aromatic nitrogens is 6. The van der Waals surface area contributed by atoms with Crippen LogP contribution in [-0.4, -0.2) is 35.9 Å². The summed E-state index contributed by atoms with van der Waals surface area (Å²) in [6.07, 6.45) is -1.05. The largest absolute Gasteiger partial charge is 0.408 e. The highest BCUT2D eigenvalue weighted by Gasteiger charge is 2.30. The molecular weight excluding hydrogens is 261 g/mol. The summed E-state index contributed by atoms with van der Waals surface area (Å²) in [5.74, 6) is 1.10. The fraction of sp³-hybridized carbons (Fsp3) is 0.600. The quantitative estimate of drug-likeness (QED) is 0.849. The van der Waals surface area contributed by atoms with Crippen molar-refractivity contribution in [3.63, 3.8) is 0 Å². The summed E-state index contributed by atoms with van der Waals surface area (Å²) in [4.78, 5) is 4.16. The zero-order chi connectivity index (χ0) is 14.0. The SMILES string of the molecule is CC(C)c1nccn1Cc1nnnn1CC(F)(F)F. The lowest BCUT2D eigenvalue weighted by Gasteiger charge is -2.11. The minimum Gasteiger partial charge on any atom is -0.327 e. The fourth-order valence-corrected chi connectivity index (χ4v) is 1.74. The van der Waals surface area contributed by atoms with Crippen molar-refractivity contribution in [2.24, 2.45) is 0 Å². The molecule has 2 aromatic rings. The van der Waals surface area contributed by atoms with E-state index in [9.17, 15) is 13.2 Å². The molecule has 0 saturated carbocycles. The second kappa shape index (κ2) is 4.98. The zero-order valence-corrected chi connectivity index (χ0v) is 10.5. The van der Waals surface area contributed by atoms with Crippen molar-refractivity contribution in [2.75, 3.05) is 0 Å². The number of hydrogen-bond acceptors (Lipinski definition) is 4. The molecule has 0 spiro atoms. The molecule has 2 aromatic heterocycles. The van der Waals surface area contributed by atoms with E-state index in [1.165, 1.54) is 0 Å².